The zero-order valence-corrected chi connectivity index (χ0v) is 36.6. The molecule has 0 aromatic carbocycles. The Hall–Kier alpha value is -1.77. The fourth-order valence-corrected chi connectivity index (χ4v) is 8.88. The maximum atomic E-state index is 14.3. The Balaban J connectivity index is 2.14. The summed E-state index contributed by atoms with van der Waals surface area (Å²) in [4.78, 5) is 19.5. The maximum Gasteiger partial charge on any atom is 0.224 e. The standard InChI is InChI=1S/C48H88N4O/c1-12-15-21-46(42(10)49-47(41(9)25-22-37(4)5)35-43-19-17-16-18-20-43)50-48(53)45(34-40(8)33-38(6)14-3)28-30-51(11)31-32-52(29-13-2)36-44-26-23-39(7)24-27-44/h1,33,37-39,41,43-47,49H,10,13-32,34-36H2,2-9,11H3,(H,50,53)/b40-33+/t38?,39?,41?,44?,45-,46?,47-/m0/s1. The molecular formula is C48H88N4O. The molecule has 0 aromatic rings. The van der Waals surface area contributed by atoms with Gasteiger partial charge in [0, 0.05) is 43.7 Å². The van der Waals surface area contributed by atoms with E-state index in [-0.39, 0.29) is 17.9 Å². The minimum Gasteiger partial charge on any atom is -0.384 e. The SMILES string of the molecule is C#CCCC(NC(=O)[C@@H](CCN(C)CCN(CCC)CC1CCC(C)CC1)C/C(C)=C/C(C)CC)C(=C)N[C@@H](CC1CCCCC1)C(C)CCC(C)C. The van der Waals surface area contributed by atoms with E-state index in [1.54, 1.807) is 0 Å². The van der Waals surface area contributed by atoms with Gasteiger partial charge in [0.25, 0.3) is 0 Å². The highest BCUT2D eigenvalue weighted by molar-refractivity contribution is 5.79. The lowest BCUT2D eigenvalue weighted by atomic mass is 9.80. The molecule has 0 aromatic heterocycles. The molecule has 53 heavy (non-hydrogen) atoms. The van der Waals surface area contributed by atoms with Crippen LogP contribution in [-0.4, -0.2) is 67.6 Å². The highest BCUT2D eigenvalue weighted by Crippen LogP contribution is 2.31. The van der Waals surface area contributed by atoms with Crippen molar-refractivity contribution in [2.24, 2.45) is 41.4 Å². The predicted molar refractivity (Wildman–Crippen MR) is 232 cm³/mol. The van der Waals surface area contributed by atoms with Gasteiger partial charge in [-0.2, -0.15) is 0 Å². The van der Waals surface area contributed by atoms with Crippen LogP contribution < -0.4 is 10.6 Å². The predicted octanol–water partition coefficient (Wildman–Crippen LogP) is 11.3. The van der Waals surface area contributed by atoms with Crippen LogP contribution in [-0.2, 0) is 4.79 Å². The molecule has 0 radical (unpaired) electrons. The highest BCUT2D eigenvalue weighted by atomic mass is 16.2. The molecule has 2 rings (SSSR count). The van der Waals surface area contributed by atoms with Crippen LogP contribution in [0.25, 0.3) is 0 Å². The van der Waals surface area contributed by atoms with Crippen LogP contribution in [0.1, 0.15) is 171 Å². The fourth-order valence-electron chi connectivity index (χ4n) is 8.88. The number of carbonyl (C=O) groups is 1. The summed E-state index contributed by atoms with van der Waals surface area (Å²) in [6, 6.07) is 0.197. The summed E-state index contributed by atoms with van der Waals surface area (Å²) in [5.41, 5.74) is 2.26. The third-order valence-corrected chi connectivity index (χ3v) is 12.9. The molecule has 0 bridgehead atoms. The molecular weight excluding hydrogens is 649 g/mol. The number of rotatable bonds is 27. The van der Waals surface area contributed by atoms with Crippen molar-refractivity contribution >= 4 is 5.91 Å². The van der Waals surface area contributed by atoms with E-state index in [2.05, 4.69) is 101 Å². The van der Waals surface area contributed by atoms with Gasteiger partial charge in [0.05, 0.1) is 6.04 Å². The maximum absolute atomic E-state index is 14.3. The topological polar surface area (TPSA) is 47.6 Å². The Kier molecular flexibility index (Phi) is 24.1. The van der Waals surface area contributed by atoms with Crippen molar-refractivity contribution in [3.05, 3.63) is 23.9 Å². The molecule has 0 heterocycles. The van der Waals surface area contributed by atoms with Crippen LogP contribution in [0.5, 0.6) is 0 Å². The molecule has 3 unspecified atom stereocenters. The molecule has 5 heteroatoms. The Morgan fingerprint density at radius 3 is 2.21 bits per heavy atom. The number of nitrogens with zero attached hydrogens (tertiary/aromatic N) is 2. The largest absolute Gasteiger partial charge is 0.384 e. The van der Waals surface area contributed by atoms with E-state index in [0.29, 0.717) is 36.6 Å². The third kappa shape index (κ3) is 20.1. The summed E-state index contributed by atoms with van der Waals surface area (Å²) in [5.74, 6) is 7.22. The number of carbonyl (C=O) groups excluding carboxylic acids is 1. The monoisotopic (exact) mass is 737 g/mol. The van der Waals surface area contributed by atoms with Gasteiger partial charge in [0.2, 0.25) is 5.91 Å². The van der Waals surface area contributed by atoms with Crippen molar-refractivity contribution in [1.29, 1.82) is 0 Å². The number of hydrogen-bond acceptors (Lipinski definition) is 4. The molecule has 5 atom stereocenters. The Bertz CT molecular complexity index is 1060. The summed E-state index contributed by atoms with van der Waals surface area (Å²) in [6.45, 7) is 28.6. The van der Waals surface area contributed by atoms with Crippen LogP contribution in [0.15, 0.2) is 23.9 Å². The zero-order valence-electron chi connectivity index (χ0n) is 36.6. The molecule has 2 aliphatic carbocycles. The molecule has 1 amide bonds. The van der Waals surface area contributed by atoms with E-state index in [1.165, 1.54) is 102 Å². The average Bonchev–Trinajstić information content (AvgIpc) is 3.13. The molecule has 0 aliphatic heterocycles. The number of likely N-dealkylation sites (N-methyl/N-ethyl adjacent to an activating group) is 1. The summed E-state index contributed by atoms with van der Waals surface area (Å²) in [7, 11) is 2.25. The molecule has 0 spiro atoms. The molecule has 306 valence electrons. The first-order chi connectivity index (χ1) is 25.3. The van der Waals surface area contributed by atoms with Gasteiger partial charge in [-0.15, -0.1) is 12.3 Å². The van der Waals surface area contributed by atoms with Gasteiger partial charge >= 0.3 is 0 Å². The van der Waals surface area contributed by atoms with E-state index in [4.69, 9.17) is 6.42 Å². The molecule has 2 aliphatic rings. The lowest BCUT2D eigenvalue weighted by molar-refractivity contribution is -0.125. The minimum atomic E-state index is -0.172. The van der Waals surface area contributed by atoms with Gasteiger partial charge < -0.3 is 20.4 Å². The van der Waals surface area contributed by atoms with Crippen molar-refractivity contribution in [3.8, 4) is 12.3 Å². The second kappa shape index (κ2) is 26.9. The highest BCUT2D eigenvalue weighted by Gasteiger charge is 2.28. The summed E-state index contributed by atoms with van der Waals surface area (Å²) >= 11 is 0. The third-order valence-electron chi connectivity index (χ3n) is 12.9. The smallest absolute Gasteiger partial charge is 0.224 e. The van der Waals surface area contributed by atoms with Crippen LogP contribution >= 0.6 is 0 Å². The van der Waals surface area contributed by atoms with Crippen LogP contribution in [0.4, 0.5) is 0 Å². The zero-order chi connectivity index (χ0) is 39.2. The van der Waals surface area contributed by atoms with Gasteiger partial charge in [-0.25, -0.2) is 0 Å². The van der Waals surface area contributed by atoms with Crippen molar-refractivity contribution in [2.45, 2.75) is 183 Å². The Labute approximate surface area is 330 Å². The number of nitrogens with one attached hydrogen (secondary N) is 2. The van der Waals surface area contributed by atoms with Gasteiger partial charge in [0.15, 0.2) is 0 Å². The Morgan fingerprint density at radius 2 is 1.58 bits per heavy atom. The van der Waals surface area contributed by atoms with E-state index in [1.807, 2.05) is 0 Å². The molecule has 5 nitrogen and oxygen atoms in total. The van der Waals surface area contributed by atoms with E-state index >= 15 is 0 Å². The normalized spacial score (nSPS) is 21.6. The van der Waals surface area contributed by atoms with Crippen molar-refractivity contribution in [2.75, 3.05) is 39.8 Å². The number of terminal acetylenes is 1. The van der Waals surface area contributed by atoms with Gasteiger partial charge in [-0.05, 0) is 114 Å². The fraction of sp³-hybridized carbons (Fsp3) is 0.854. The minimum absolute atomic E-state index is 0.0853. The van der Waals surface area contributed by atoms with E-state index in [0.717, 1.165) is 62.3 Å². The van der Waals surface area contributed by atoms with Crippen molar-refractivity contribution in [1.82, 2.24) is 20.4 Å². The van der Waals surface area contributed by atoms with E-state index < -0.39 is 0 Å². The van der Waals surface area contributed by atoms with Gasteiger partial charge in [0.1, 0.15) is 0 Å². The molecule has 2 fully saturated rings. The lowest BCUT2D eigenvalue weighted by Crippen LogP contribution is -2.47. The first-order valence-electron chi connectivity index (χ1n) is 22.6. The van der Waals surface area contributed by atoms with Crippen LogP contribution in [0.2, 0.25) is 0 Å². The van der Waals surface area contributed by atoms with E-state index in [9.17, 15) is 4.79 Å². The molecule has 2 saturated carbocycles. The second-order valence-electron chi connectivity index (χ2n) is 18.6. The number of amides is 1. The molecule has 0 saturated heterocycles. The van der Waals surface area contributed by atoms with Crippen LogP contribution in [0.3, 0.4) is 0 Å². The van der Waals surface area contributed by atoms with Crippen molar-refractivity contribution in [3.63, 3.8) is 0 Å². The van der Waals surface area contributed by atoms with Gasteiger partial charge in [-0.1, -0.05) is 124 Å². The quantitative estimate of drug-likeness (QED) is 0.0651. The Morgan fingerprint density at radius 1 is 0.887 bits per heavy atom. The summed E-state index contributed by atoms with van der Waals surface area (Å²) < 4.78 is 0. The average molecular weight is 737 g/mol. The second-order valence-corrected chi connectivity index (χ2v) is 18.6. The number of allylic oxidation sites excluding steroid dienone is 2. The number of hydrogen-bond donors (Lipinski definition) is 2. The van der Waals surface area contributed by atoms with Crippen molar-refractivity contribution < 1.29 is 4.79 Å². The summed E-state index contributed by atoms with van der Waals surface area (Å²) in [5, 5.41) is 7.44. The van der Waals surface area contributed by atoms with Gasteiger partial charge in [-0.3, -0.25) is 4.79 Å². The first kappa shape index (κ1) is 47.4. The molecule has 2 N–H and O–H groups in total. The first-order valence-corrected chi connectivity index (χ1v) is 22.6. The summed E-state index contributed by atoms with van der Waals surface area (Å²) in [6.07, 6.45) is 29.5. The lowest BCUT2D eigenvalue weighted by Gasteiger charge is -2.35. The van der Waals surface area contributed by atoms with Crippen LogP contribution in [0, 0.1) is 53.8 Å².